The lowest BCUT2D eigenvalue weighted by Gasteiger charge is -2.07. The highest BCUT2D eigenvalue weighted by Gasteiger charge is 2.16. The Balaban J connectivity index is 2.13. The topological polar surface area (TPSA) is 96.4 Å². The van der Waals surface area contributed by atoms with Gasteiger partial charge < -0.3 is 5.11 Å². The Bertz CT molecular complexity index is 755. The third kappa shape index (κ3) is 3.87. The molecule has 1 aromatic carbocycles. The van der Waals surface area contributed by atoms with E-state index in [0.29, 0.717) is 0 Å². The molecule has 0 saturated carbocycles. The molecule has 110 valence electrons. The van der Waals surface area contributed by atoms with Crippen molar-refractivity contribution in [1.29, 1.82) is 0 Å². The molecule has 0 fully saturated rings. The zero-order chi connectivity index (χ0) is 15.5. The second-order valence-corrected chi connectivity index (χ2v) is 6.22. The van der Waals surface area contributed by atoms with Gasteiger partial charge in [-0.1, -0.05) is 29.8 Å². The van der Waals surface area contributed by atoms with Crippen molar-refractivity contribution in [2.45, 2.75) is 18.5 Å². The molecular weight excluding hydrogens is 292 g/mol. The van der Waals surface area contributed by atoms with Crippen LogP contribution in [0.15, 0.2) is 47.6 Å². The van der Waals surface area contributed by atoms with Crippen molar-refractivity contribution in [3.8, 4) is 0 Å². The molecule has 0 spiro atoms. The molecule has 0 saturated heterocycles. The van der Waals surface area contributed by atoms with Gasteiger partial charge in [0.25, 0.3) is 10.0 Å². The monoisotopic (exact) mass is 306 g/mol. The number of hydrogen-bond donors (Lipinski definition) is 2. The average Bonchev–Trinajstić information content (AvgIpc) is 2.45. The number of sulfonamides is 1. The highest BCUT2D eigenvalue weighted by atomic mass is 32.2. The minimum atomic E-state index is -3.77. The third-order valence-corrected chi connectivity index (χ3v) is 4.12. The number of carboxylic acid groups (broad SMARTS) is 1. The van der Waals surface area contributed by atoms with Gasteiger partial charge in [-0.25, -0.2) is 22.9 Å². The predicted octanol–water partition coefficient (Wildman–Crippen LogP) is 1.57. The lowest BCUT2D eigenvalue weighted by atomic mass is 10.1. The number of nitrogens with zero attached hydrogens (tertiary/aromatic N) is 1. The molecule has 0 aliphatic heterocycles. The van der Waals surface area contributed by atoms with Crippen molar-refractivity contribution in [2.24, 2.45) is 0 Å². The summed E-state index contributed by atoms with van der Waals surface area (Å²) < 4.78 is 26.5. The van der Waals surface area contributed by atoms with Crippen molar-refractivity contribution >= 4 is 16.0 Å². The molecule has 1 aromatic heterocycles. The molecule has 6 nitrogen and oxygen atoms in total. The van der Waals surface area contributed by atoms with Crippen LogP contribution in [0.2, 0.25) is 0 Å². The molecule has 0 aliphatic carbocycles. The summed E-state index contributed by atoms with van der Waals surface area (Å²) in [6.07, 6.45) is 1.02. The van der Waals surface area contributed by atoms with E-state index in [2.05, 4.69) is 9.71 Å². The van der Waals surface area contributed by atoms with Crippen molar-refractivity contribution in [3.05, 3.63) is 59.3 Å². The number of pyridine rings is 1. The molecule has 2 rings (SSSR count). The van der Waals surface area contributed by atoms with Crippen LogP contribution in [0.4, 0.5) is 0 Å². The molecule has 0 unspecified atom stereocenters. The van der Waals surface area contributed by atoms with E-state index in [1.165, 1.54) is 12.1 Å². The minimum Gasteiger partial charge on any atom is -0.478 e. The molecule has 21 heavy (non-hydrogen) atoms. The van der Waals surface area contributed by atoms with Gasteiger partial charge in [-0.15, -0.1) is 0 Å². The van der Waals surface area contributed by atoms with E-state index in [1.54, 1.807) is 0 Å². The van der Waals surface area contributed by atoms with Crippen LogP contribution in [0, 0.1) is 6.92 Å². The first-order valence-corrected chi connectivity index (χ1v) is 7.61. The first kappa shape index (κ1) is 15.1. The predicted molar refractivity (Wildman–Crippen MR) is 76.4 cm³/mol. The molecule has 2 aromatic rings. The van der Waals surface area contributed by atoms with Gasteiger partial charge in [0, 0.05) is 12.7 Å². The maximum Gasteiger partial charge on any atom is 0.337 e. The second-order valence-electron chi connectivity index (χ2n) is 4.50. The standard InChI is InChI=1S/C14H14N2O4S/c1-10-3-2-4-11(7-10)8-16-21(19,20)13-6-5-12(9-15-13)14(17)18/h2-7,9,16H,8H2,1H3,(H,17,18). The normalized spacial score (nSPS) is 11.3. The Labute approximate surface area is 122 Å². The van der Waals surface area contributed by atoms with Crippen LogP contribution in [0.25, 0.3) is 0 Å². The SMILES string of the molecule is Cc1cccc(CNS(=O)(=O)c2ccc(C(=O)O)cn2)c1. The Morgan fingerprint density at radius 1 is 1.29 bits per heavy atom. The van der Waals surface area contributed by atoms with Gasteiger partial charge in [-0.05, 0) is 24.6 Å². The van der Waals surface area contributed by atoms with Crippen LogP contribution >= 0.6 is 0 Å². The van der Waals surface area contributed by atoms with Gasteiger partial charge in [-0.2, -0.15) is 0 Å². The van der Waals surface area contributed by atoms with Gasteiger partial charge in [0.05, 0.1) is 5.56 Å². The van der Waals surface area contributed by atoms with E-state index in [4.69, 9.17) is 5.11 Å². The van der Waals surface area contributed by atoms with E-state index in [9.17, 15) is 13.2 Å². The molecule has 0 aliphatic rings. The second kappa shape index (κ2) is 6.02. The van der Waals surface area contributed by atoms with Gasteiger partial charge >= 0.3 is 5.97 Å². The Hall–Kier alpha value is -2.25. The number of benzene rings is 1. The van der Waals surface area contributed by atoms with Crippen LogP contribution < -0.4 is 4.72 Å². The first-order valence-electron chi connectivity index (χ1n) is 6.13. The molecule has 0 amide bonds. The molecule has 2 N–H and O–H groups in total. The zero-order valence-electron chi connectivity index (χ0n) is 11.3. The maximum absolute atomic E-state index is 12.1. The summed E-state index contributed by atoms with van der Waals surface area (Å²) in [6, 6.07) is 9.83. The number of nitrogens with one attached hydrogen (secondary N) is 1. The van der Waals surface area contributed by atoms with Gasteiger partial charge in [0.2, 0.25) is 0 Å². The Morgan fingerprint density at radius 2 is 2.05 bits per heavy atom. The third-order valence-electron chi connectivity index (χ3n) is 2.81. The molecule has 0 radical (unpaired) electrons. The zero-order valence-corrected chi connectivity index (χ0v) is 12.1. The number of carbonyl (C=O) groups is 1. The van der Waals surface area contributed by atoms with Crippen LogP contribution in [0.5, 0.6) is 0 Å². The van der Waals surface area contributed by atoms with E-state index in [-0.39, 0.29) is 17.1 Å². The highest BCUT2D eigenvalue weighted by Crippen LogP contribution is 2.09. The van der Waals surface area contributed by atoms with Crippen molar-refractivity contribution in [2.75, 3.05) is 0 Å². The number of aryl methyl sites for hydroxylation is 1. The fraction of sp³-hybridized carbons (Fsp3) is 0.143. The largest absolute Gasteiger partial charge is 0.478 e. The summed E-state index contributed by atoms with van der Waals surface area (Å²) in [5.74, 6) is -1.15. The van der Waals surface area contributed by atoms with Gasteiger partial charge in [0.1, 0.15) is 0 Å². The molecule has 0 bridgehead atoms. The molecule has 7 heteroatoms. The van der Waals surface area contributed by atoms with Crippen LogP contribution in [-0.2, 0) is 16.6 Å². The number of aromatic nitrogens is 1. The summed E-state index contributed by atoms with van der Waals surface area (Å²) in [5.41, 5.74) is 1.81. The Morgan fingerprint density at radius 3 is 2.62 bits per heavy atom. The van der Waals surface area contributed by atoms with Crippen molar-refractivity contribution in [3.63, 3.8) is 0 Å². The van der Waals surface area contributed by atoms with Gasteiger partial charge in [0.15, 0.2) is 5.03 Å². The van der Waals surface area contributed by atoms with Crippen LogP contribution in [-0.4, -0.2) is 24.5 Å². The lowest BCUT2D eigenvalue weighted by molar-refractivity contribution is 0.0696. The summed E-state index contributed by atoms with van der Waals surface area (Å²) >= 11 is 0. The quantitative estimate of drug-likeness (QED) is 0.874. The van der Waals surface area contributed by atoms with E-state index in [0.717, 1.165) is 17.3 Å². The summed E-state index contributed by atoms with van der Waals surface area (Å²) in [7, 11) is -3.77. The smallest absolute Gasteiger partial charge is 0.337 e. The summed E-state index contributed by atoms with van der Waals surface area (Å²) in [4.78, 5) is 14.4. The van der Waals surface area contributed by atoms with E-state index in [1.807, 2.05) is 31.2 Å². The highest BCUT2D eigenvalue weighted by molar-refractivity contribution is 7.89. The maximum atomic E-state index is 12.1. The number of rotatable bonds is 5. The fourth-order valence-electron chi connectivity index (χ4n) is 1.74. The van der Waals surface area contributed by atoms with E-state index < -0.39 is 16.0 Å². The Kier molecular flexibility index (Phi) is 4.35. The molecule has 0 atom stereocenters. The van der Waals surface area contributed by atoms with Crippen molar-refractivity contribution in [1.82, 2.24) is 9.71 Å². The average molecular weight is 306 g/mol. The minimum absolute atomic E-state index is 0.0624. The van der Waals surface area contributed by atoms with Crippen molar-refractivity contribution < 1.29 is 18.3 Å². The molecule has 1 heterocycles. The first-order chi connectivity index (χ1) is 9.88. The summed E-state index contributed by atoms with van der Waals surface area (Å²) in [6.45, 7) is 2.07. The number of hydrogen-bond acceptors (Lipinski definition) is 4. The fourth-order valence-corrected chi connectivity index (χ4v) is 2.68. The van der Waals surface area contributed by atoms with Gasteiger partial charge in [-0.3, -0.25) is 0 Å². The number of carboxylic acids is 1. The number of aromatic carboxylic acids is 1. The van der Waals surface area contributed by atoms with E-state index >= 15 is 0 Å². The van der Waals surface area contributed by atoms with Crippen LogP contribution in [0.1, 0.15) is 21.5 Å². The summed E-state index contributed by atoms with van der Waals surface area (Å²) in [5, 5.41) is 8.54. The van der Waals surface area contributed by atoms with Crippen LogP contribution in [0.3, 0.4) is 0 Å². The molecular formula is C14H14N2O4S. The lowest BCUT2D eigenvalue weighted by Crippen LogP contribution is -2.24.